The summed E-state index contributed by atoms with van der Waals surface area (Å²) in [6.07, 6.45) is 1.02. The lowest BCUT2D eigenvalue weighted by Gasteiger charge is -2.31. The number of benzene rings is 1. The largest absolute Gasteiger partial charge is 0.325 e. The SMILES string of the molecule is CC(C(=O)Nc1ccc(C#N)cc1)N1CCc2sccc2C1. The first kappa shape index (κ1) is 14.8. The van der Waals surface area contributed by atoms with Gasteiger partial charge < -0.3 is 5.32 Å². The van der Waals surface area contributed by atoms with Gasteiger partial charge in [0.2, 0.25) is 5.91 Å². The van der Waals surface area contributed by atoms with Gasteiger partial charge in [0.15, 0.2) is 0 Å². The molecule has 0 radical (unpaired) electrons. The lowest BCUT2D eigenvalue weighted by atomic mass is 10.1. The number of carbonyl (C=O) groups excluding carboxylic acids is 1. The van der Waals surface area contributed by atoms with E-state index >= 15 is 0 Å². The van der Waals surface area contributed by atoms with Crippen molar-refractivity contribution in [2.45, 2.75) is 25.9 Å². The predicted octanol–water partition coefficient (Wildman–Crippen LogP) is 3.01. The third-order valence-electron chi connectivity index (χ3n) is 4.05. The Morgan fingerprint density at radius 2 is 2.14 bits per heavy atom. The molecule has 2 aromatic rings. The second kappa shape index (κ2) is 6.30. The van der Waals surface area contributed by atoms with E-state index in [-0.39, 0.29) is 11.9 Å². The van der Waals surface area contributed by atoms with Crippen molar-refractivity contribution in [3.05, 3.63) is 51.7 Å². The Balaban J connectivity index is 1.63. The van der Waals surface area contributed by atoms with E-state index in [1.165, 1.54) is 10.4 Å². The Morgan fingerprint density at radius 1 is 1.36 bits per heavy atom. The van der Waals surface area contributed by atoms with Crippen LogP contribution in [0.1, 0.15) is 22.9 Å². The van der Waals surface area contributed by atoms with E-state index in [0.717, 1.165) is 25.2 Å². The van der Waals surface area contributed by atoms with Crippen molar-refractivity contribution in [3.63, 3.8) is 0 Å². The van der Waals surface area contributed by atoms with Crippen LogP contribution in [0, 0.1) is 11.3 Å². The number of nitrogens with zero attached hydrogens (tertiary/aromatic N) is 2. The van der Waals surface area contributed by atoms with Crippen LogP contribution < -0.4 is 5.32 Å². The van der Waals surface area contributed by atoms with E-state index in [2.05, 4.69) is 27.7 Å². The van der Waals surface area contributed by atoms with Gasteiger partial charge in [0, 0.05) is 23.7 Å². The minimum absolute atomic E-state index is 0.0108. The Hall–Kier alpha value is -2.16. The molecule has 1 unspecified atom stereocenters. The molecule has 0 aliphatic carbocycles. The highest BCUT2D eigenvalue weighted by Crippen LogP contribution is 2.25. The number of carbonyl (C=O) groups is 1. The molecule has 1 aromatic carbocycles. The van der Waals surface area contributed by atoms with E-state index in [1.807, 2.05) is 6.92 Å². The summed E-state index contributed by atoms with van der Waals surface area (Å²) in [6, 6.07) is 11.0. The normalized spacial score (nSPS) is 15.6. The van der Waals surface area contributed by atoms with Gasteiger partial charge in [-0.15, -0.1) is 11.3 Å². The first-order chi connectivity index (χ1) is 10.7. The third-order valence-corrected chi connectivity index (χ3v) is 5.07. The second-order valence-electron chi connectivity index (χ2n) is 5.44. The number of hydrogen-bond donors (Lipinski definition) is 1. The van der Waals surface area contributed by atoms with Crippen LogP contribution in [-0.2, 0) is 17.8 Å². The molecule has 0 saturated carbocycles. The fourth-order valence-corrected chi connectivity index (χ4v) is 3.53. The molecule has 0 fully saturated rings. The van der Waals surface area contributed by atoms with Crippen LogP contribution in [0.2, 0.25) is 0 Å². The lowest BCUT2D eigenvalue weighted by molar-refractivity contribution is -0.121. The topological polar surface area (TPSA) is 56.1 Å². The molecule has 1 amide bonds. The average Bonchev–Trinajstić information content (AvgIpc) is 3.02. The van der Waals surface area contributed by atoms with Gasteiger partial charge in [0.05, 0.1) is 17.7 Å². The zero-order valence-corrected chi connectivity index (χ0v) is 13.2. The maximum Gasteiger partial charge on any atom is 0.241 e. The van der Waals surface area contributed by atoms with Crippen molar-refractivity contribution >= 4 is 22.9 Å². The highest BCUT2D eigenvalue weighted by Gasteiger charge is 2.25. The molecule has 4 nitrogen and oxygen atoms in total. The highest BCUT2D eigenvalue weighted by atomic mass is 32.1. The standard InChI is InChI=1S/C17H17N3OS/c1-12(20-8-6-16-14(11-20)7-9-22-16)17(21)19-15-4-2-13(10-18)3-5-15/h2-5,7,9,12H,6,8,11H2,1H3,(H,19,21). The summed E-state index contributed by atoms with van der Waals surface area (Å²) in [4.78, 5) is 16.0. The van der Waals surface area contributed by atoms with Crippen molar-refractivity contribution in [1.29, 1.82) is 5.26 Å². The molecule has 1 aromatic heterocycles. The Labute approximate surface area is 134 Å². The summed E-state index contributed by atoms with van der Waals surface area (Å²) in [5, 5.41) is 13.8. The zero-order chi connectivity index (χ0) is 15.5. The minimum atomic E-state index is -0.177. The number of nitriles is 1. The van der Waals surface area contributed by atoms with Crippen LogP contribution in [-0.4, -0.2) is 23.4 Å². The van der Waals surface area contributed by atoms with Crippen LogP contribution >= 0.6 is 11.3 Å². The molecule has 2 heterocycles. The smallest absolute Gasteiger partial charge is 0.241 e. The minimum Gasteiger partial charge on any atom is -0.325 e. The molecule has 3 rings (SSSR count). The molecule has 22 heavy (non-hydrogen) atoms. The number of rotatable bonds is 3. The number of anilines is 1. The Kier molecular flexibility index (Phi) is 4.23. The number of fused-ring (bicyclic) bond motifs is 1. The molecule has 112 valence electrons. The molecule has 5 heteroatoms. The van der Waals surface area contributed by atoms with Crippen molar-refractivity contribution in [2.75, 3.05) is 11.9 Å². The summed E-state index contributed by atoms with van der Waals surface area (Å²) < 4.78 is 0. The van der Waals surface area contributed by atoms with E-state index in [0.29, 0.717) is 5.56 Å². The van der Waals surface area contributed by atoms with E-state index in [9.17, 15) is 4.79 Å². The number of hydrogen-bond acceptors (Lipinski definition) is 4. The van der Waals surface area contributed by atoms with Crippen molar-refractivity contribution in [1.82, 2.24) is 4.90 Å². The van der Waals surface area contributed by atoms with Crippen LogP contribution in [0.4, 0.5) is 5.69 Å². The van der Waals surface area contributed by atoms with Crippen molar-refractivity contribution in [2.24, 2.45) is 0 Å². The maximum absolute atomic E-state index is 12.4. The average molecular weight is 311 g/mol. The van der Waals surface area contributed by atoms with Crippen molar-refractivity contribution in [3.8, 4) is 6.07 Å². The number of amides is 1. The third kappa shape index (κ3) is 3.03. The van der Waals surface area contributed by atoms with Crippen molar-refractivity contribution < 1.29 is 4.79 Å². The Bertz CT molecular complexity index is 714. The van der Waals surface area contributed by atoms with Crippen LogP contribution in [0.3, 0.4) is 0 Å². The van der Waals surface area contributed by atoms with E-state index in [4.69, 9.17) is 5.26 Å². The molecule has 0 spiro atoms. The summed E-state index contributed by atoms with van der Waals surface area (Å²) in [6.45, 7) is 3.69. The van der Waals surface area contributed by atoms with Gasteiger partial charge >= 0.3 is 0 Å². The first-order valence-corrected chi connectivity index (χ1v) is 8.15. The number of thiophene rings is 1. The fraction of sp³-hybridized carbons (Fsp3) is 0.294. The molecule has 0 bridgehead atoms. The van der Waals surface area contributed by atoms with Gasteiger partial charge in [-0.05, 0) is 54.6 Å². The van der Waals surface area contributed by atoms with Crippen LogP contribution in [0.25, 0.3) is 0 Å². The van der Waals surface area contributed by atoms with Gasteiger partial charge in [-0.3, -0.25) is 9.69 Å². The van der Waals surface area contributed by atoms with Gasteiger partial charge in [-0.1, -0.05) is 0 Å². The van der Waals surface area contributed by atoms with Gasteiger partial charge in [0.1, 0.15) is 0 Å². The molecular weight excluding hydrogens is 294 g/mol. The lowest BCUT2D eigenvalue weighted by Crippen LogP contribution is -2.44. The maximum atomic E-state index is 12.4. The molecule has 0 saturated heterocycles. The second-order valence-corrected chi connectivity index (χ2v) is 6.44. The first-order valence-electron chi connectivity index (χ1n) is 7.27. The molecular formula is C17H17N3OS. The zero-order valence-electron chi connectivity index (χ0n) is 12.4. The van der Waals surface area contributed by atoms with Gasteiger partial charge in [-0.2, -0.15) is 5.26 Å². The van der Waals surface area contributed by atoms with E-state index < -0.39 is 0 Å². The van der Waals surface area contributed by atoms with Crippen LogP contribution in [0.15, 0.2) is 35.7 Å². The summed E-state index contributed by atoms with van der Waals surface area (Å²) in [5.41, 5.74) is 2.66. The predicted molar refractivity (Wildman–Crippen MR) is 87.7 cm³/mol. The molecule has 1 atom stereocenters. The summed E-state index contributed by atoms with van der Waals surface area (Å²) >= 11 is 1.80. The Morgan fingerprint density at radius 3 is 2.86 bits per heavy atom. The monoisotopic (exact) mass is 311 g/mol. The van der Waals surface area contributed by atoms with Gasteiger partial charge in [-0.25, -0.2) is 0 Å². The van der Waals surface area contributed by atoms with E-state index in [1.54, 1.807) is 35.6 Å². The molecule has 1 aliphatic rings. The quantitative estimate of drug-likeness (QED) is 0.948. The van der Waals surface area contributed by atoms with Crippen LogP contribution in [0.5, 0.6) is 0 Å². The molecule has 1 N–H and O–H groups in total. The molecule has 1 aliphatic heterocycles. The summed E-state index contributed by atoms with van der Waals surface area (Å²) in [5.74, 6) is -0.0108. The highest BCUT2D eigenvalue weighted by molar-refractivity contribution is 7.10. The summed E-state index contributed by atoms with van der Waals surface area (Å²) in [7, 11) is 0. The number of nitrogens with one attached hydrogen (secondary N) is 1. The fourth-order valence-electron chi connectivity index (χ4n) is 2.64. The van der Waals surface area contributed by atoms with Gasteiger partial charge in [0.25, 0.3) is 0 Å².